The number of rotatable bonds is 5. The highest BCUT2D eigenvalue weighted by molar-refractivity contribution is 5.69. The second-order valence-corrected chi connectivity index (χ2v) is 8.38. The zero-order chi connectivity index (χ0) is 20.8. The molecule has 0 amide bonds. The second-order valence-electron chi connectivity index (χ2n) is 8.38. The molecule has 2 aliphatic rings. The van der Waals surface area contributed by atoms with E-state index in [-0.39, 0.29) is 12.2 Å². The van der Waals surface area contributed by atoms with Crippen molar-refractivity contribution >= 4 is 5.69 Å². The summed E-state index contributed by atoms with van der Waals surface area (Å²) < 4.78 is 11.3. The van der Waals surface area contributed by atoms with Gasteiger partial charge in [0, 0.05) is 30.3 Å². The minimum atomic E-state index is -0.193. The molecule has 0 spiro atoms. The Balaban J connectivity index is 1.42. The first kappa shape index (κ1) is 19.1. The third-order valence-electron chi connectivity index (χ3n) is 5.86. The van der Waals surface area contributed by atoms with Crippen LogP contribution in [0, 0.1) is 0 Å². The number of ether oxygens (including phenoxy) is 1. The molecule has 7 nitrogen and oxygen atoms in total. The quantitative estimate of drug-likeness (QED) is 0.627. The second kappa shape index (κ2) is 7.41. The monoisotopic (exact) mass is 406 g/mol. The fourth-order valence-electron chi connectivity index (χ4n) is 4.46. The highest BCUT2D eigenvalue weighted by atomic mass is 16.5. The van der Waals surface area contributed by atoms with E-state index < -0.39 is 0 Å². The van der Waals surface area contributed by atoms with Crippen LogP contribution in [0.4, 0.5) is 5.69 Å². The van der Waals surface area contributed by atoms with E-state index in [2.05, 4.69) is 33.2 Å². The lowest BCUT2D eigenvalue weighted by molar-refractivity contribution is -0.0251. The summed E-state index contributed by atoms with van der Waals surface area (Å²) in [7, 11) is 0. The van der Waals surface area contributed by atoms with Crippen LogP contribution in [0.5, 0.6) is 5.75 Å². The van der Waals surface area contributed by atoms with Crippen molar-refractivity contribution in [3.05, 3.63) is 47.5 Å². The summed E-state index contributed by atoms with van der Waals surface area (Å²) in [5.41, 5.74) is 11.0. The number of anilines is 1. The molecule has 2 aromatic carbocycles. The number of aliphatic hydroxyl groups excluding tert-OH is 1. The molecule has 3 N–H and O–H groups in total. The molecule has 1 saturated heterocycles. The number of nitrogen functional groups attached to an aromatic ring is 1. The number of nitrogens with zero attached hydrogens (tertiary/aromatic N) is 3. The Hall–Kier alpha value is -2.90. The summed E-state index contributed by atoms with van der Waals surface area (Å²) in [4.78, 5) is 6.99. The van der Waals surface area contributed by atoms with E-state index in [4.69, 9.17) is 15.0 Å². The van der Waals surface area contributed by atoms with E-state index >= 15 is 0 Å². The van der Waals surface area contributed by atoms with Gasteiger partial charge in [0.2, 0.25) is 5.82 Å². The number of hydrogen-bond donors (Lipinski definition) is 2. The molecule has 7 heteroatoms. The van der Waals surface area contributed by atoms with Crippen LogP contribution in [0.3, 0.4) is 0 Å². The number of benzene rings is 2. The number of fused-ring (bicyclic) bond motifs is 1. The van der Waals surface area contributed by atoms with Gasteiger partial charge in [-0.15, -0.1) is 0 Å². The number of aromatic nitrogens is 2. The van der Waals surface area contributed by atoms with Crippen LogP contribution in [-0.4, -0.2) is 45.4 Å². The average Bonchev–Trinajstić information content (AvgIpc) is 3.34. The van der Waals surface area contributed by atoms with Crippen molar-refractivity contribution < 1.29 is 14.4 Å². The summed E-state index contributed by atoms with van der Waals surface area (Å²) in [6.07, 6.45) is 1.89. The first-order valence-corrected chi connectivity index (χ1v) is 10.4. The Kier molecular flexibility index (Phi) is 4.72. The van der Waals surface area contributed by atoms with Crippen LogP contribution >= 0.6 is 0 Å². The number of aliphatic hydroxyl groups is 1. The average molecular weight is 406 g/mol. The Morgan fingerprint density at radius 1 is 1.23 bits per heavy atom. The van der Waals surface area contributed by atoms with E-state index in [1.165, 1.54) is 11.1 Å². The van der Waals surface area contributed by atoms with E-state index in [0.29, 0.717) is 29.2 Å². The zero-order valence-corrected chi connectivity index (χ0v) is 17.2. The highest BCUT2D eigenvalue weighted by Gasteiger charge is 2.36. The molecule has 1 aliphatic carbocycles. The van der Waals surface area contributed by atoms with Gasteiger partial charge >= 0.3 is 0 Å². The van der Waals surface area contributed by atoms with Gasteiger partial charge in [0.1, 0.15) is 5.75 Å². The van der Waals surface area contributed by atoms with Crippen molar-refractivity contribution in [1.82, 2.24) is 15.0 Å². The summed E-state index contributed by atoms with van der Waals surface area (Å²) in [5.74, 6) is 1.68. The minimum Gasteiger partial charge on any atom is -0.489 e. The fraction of sp³-hybridized carbons (Fsp3) is 0.391. The molecule has 1 atom stereocenters. The summed E-state index contributed by atoms with van der Waals surface area (Å²) in [5, 5.41) is 13.9. The molecule has 5 rings (SSSR count). The Bertz CT molecular complexity index is 1070. The predicted octanol–water partition coefficient (Wildman–Crippen LogP) is 3.44. The highest BCUT2D eigenvalue weighted by Crippen LogP contribution is 2.42. The Morgan fingerprint density at radius 2 is 2.07 bits per heavy atom. The molecule has 1 fully saturated rings. The van der Waals surface area contributed by atoms with Crippen molar-refractivity contribution in [3.63, 3.8) is 0 Å². The van der Waals surface area contributed by atoms with Crippen molar-refractivity contribution in [1.29, 1.82) is 0 Å². The molecule has 156 valence electrons. The molecule has 30 heavy (non-hydrogen) atoms. The summed E-state index contributed by atoms with van der Waals surface area (Å²) >= 11 is 0. The van der Waals surface area contributed by atoms with Crippen molar-refractivity contribution in [2.24, 2.45) is 0 Å². The third-order valence-corrected chi connectivity index (χ3v) is 5.86. The maximum Gasteiger partial charge on any atom is 0.258 e. The van der Waals surface area contributed by atoms with Crippen molar-refractivity contribution in [2.75, 3.05) is 18.8 Å². The molecule has 3 aromatic rings. The summed E-state index contributed by atoms with van der Waals surface area (Å²) in [6, 6.07) is 12.2. The van der Waals surface area contributed by atoms with Gasteiger partial charge in [0.25, 0.3) is 5.89 Å². The Morgan fingerprint density at radius 3 is 2.80 bits per heavy atom. The minimum absolute atomic E-state index is 0.0525. The van der Waals surface area contributed by atoms with Crippen molar-refractivity contribution in [3.8, 4) is 28.6 Å². The van der Waals surface area contributed by atoms with Crippen LogP contribution in [0.2, 0.25) is 0 Å². The number of likely N-dealkylation sites (tertiary alicyclic amines) is 1. The van der Waals surface area contributed by atoms with Gasteiger partial charge in [-0.25, -0.2) is 0 Å². The lowest BCUT2D eigenvalue weighted by atomic mass is 9.99. The Labute approximate surface area is 175 Å². The molecule has 0 radical (unpaired) electrons. The van der Waals surface area contributed by atoms with Crippen LogP contribution in [-0.2, 0) is 6.42 Å². The first-order chi connectivity index (χ1) is 14.5. The molecule has 1 aliphatic heterocycles. The van der Waals surface area contributed by atoms with Gasteiger partial charge < -0.3 is 20.1 Å². The lowest BCUT2D eigenvalue weighted by Gasteiger charge is -2.40. The molecule has 2 heterocycles. The smallest absolute Gasteiger partial charge is 0.258 e. The standard InChI is InChI=1S/C23H26N4O3/c1-13(2)29-21-9-6-14(10-19(21)24)23-25-22(26-30-23)18-5-3-4-17-16(18)7-8-20(17)27-11-15(28)12-27/h3-6,9-10,13,15,20,28H,7-8,11-12,24H2,1-2H3/t20-/m0/s1. The SMILES string of the molecule is CC(C)Oc1ccc(-c2nc(-c3cccc4c3CC[C@@H]4N3CC(O)C3)no2)cc1N. The van der Waals surface area contributed by atoms with Gasteiger partial charge in [-0.2, -0.15) is 4.98 Å². The molecule has 1 aromatic heterocycles. The van der Waals surface area contributed by atoms with Gasteiger partial charge in [0.15, 0.2) is 0 Å². The maximum absolute atomic E-state index is 9.66. The van der Waals surface area contributed by atoms with Crippen LogP contribution in [0.15, 0.2) is 40.9 Å². The third kappa shape index (κ3) is 3.34. The first-order valence-electron chi connectivity index (χ1n) is 10.4. The molecule has 0 unspecified atom stereocenters. The van der Waals surface area contributed by atoms with E-state index in [9.17, 15) is 5.11 Å². The van der Waals surface area contributed by atoms with E-state index in [0.717, 1.165) is 37.1 Å². The zero-order valence-electron chi connectivity index (χ0n) is 17.2. The number of hydrogen-bond acceptors (Lipinski definition) is 7. The van der Waals surface area contributed by atoms with Gasteiger partial charge in [-0.05, 0) is 56.0 Å². The molecular weight excluding hydrogens is 380 g/mol. The topological polar surface area (TPSA) is 97.6 Å². The normalized spacial score (nSPS) is 19.1. The van der Waals surface area contributed by atoms with E-state index in [1.54, 1.807) is 6.07 Å². The molecule has 0 bridgehead atoms. The molecular formula is C23H26N4O3. The van der Waals surface area contributed by atoms with E-state index in [1.807, 2.05) is 26.0 Å². The van der Waals surface area contributed by atoms with Gasteiger partial charge in [-0.3, -0.25) is 4.90 Å². The predicted molar refractivity (Wildman–Crippen MR) is 114 cm³/mol. The number of β-amino-alcohol motifs (C(OH)–C–C–N with tert-alkyl or cyclic N) is 1. The molecule has 0 saturated carbocycles. The van der Waals surface area contributed by atoms with Crippen LogP contribution < -0.4 is 10.5 Å². The van der Waals surface area contributed by atoms with Gasteiger partial charge in [0.05, 0.1) is 17.9 Å². The van der Waals surface area contributed by atoms with Crippen LogP contribution in [0.25, 0.3) is 22.8 Å². The van der Waals surface area contributed by atoms with Crippen molar-refractivity contribution in [2.45, 2.75) is 44.9 Å². The van der Waals surface area contributed by atoms with Crippen LogP contribution in [0.1, 0.15) is 37.4 Å². The number of nitrogens with two attached hydrogens (primary N) is 1. The summed E-state index contributed by atoms with van der Waals surface area (Å²) in [6.45, 7) is 5.42. The fourth-order valence-corrected chi connectivity index (χ4v) is 4.46. The maximum atomic E-state index is 9.66. The lowest BCUT2D eigenvalue weighted by Crippen LogP contribution is -2.51. The largest absolute Gasteiger partial charge is 0.489 e. The van der Waals surface area contributed by atoms with Gasteiger partial charge in [-0.1, -0.05) is 23.4 Å².